The molecule has 6 nitrogen and oxygen atoms in total. The summed E-state index contributed by atoms with van der Waals surface area (Å²) in [4.78, 5) is 0.194. The van der Waals surface area contributed by atoms with E-state index >= 15 is 0 Å². The van der Waals surface area contributed by atoms with Gasteiger partial charge in [-0.1, -0.05) is 12.1 Å². The van der Waals surface area contributed by atoms with Gasteiger partial charge in [0.1, 0.15) is 5.75 Å². The van der Waals surface area contributed by atoms with Crippen LogP contribution in [0.1, 0.15) is 17.0 Å². The smallest absolute Gasteiger partial charge is 0.240 e. The van der Waals surface area contributed by atoms with E-state index in [1.807, 2.05) is 48.9 Å². The van der Waals surface area contributed by atoms with Crippen molar-refractivity contribution in [3.63, 3.8) is 0 Å². The van der Waals surface area contributed by atoms with Gasteiger partial charge in [-0.05, 0) is 78.2 Å². The minimum Gasteiger partial charge on any atom is -0.496 e. The normalized spacial score (nSPS) is 11.6. The number of hydrogen-bond donors (Lipinski definition) is 1. The molecule has 0 spiro atoms. The van der Waals surface area contributed by atoms with E-state index in [0.29, 0.717) is 23.2 Å². The molecule has 0 amide bonds. The number of halogens is 1. The highest BCUT2D eigenvalue weighted by Gasteiger charge is 2.15. The second kappa shape index (κ2) is 8.46. The summed E-state index contributed by atoms with van der Waals surface area (Å²) in [7, 11) is -2.05. The SMILES string of the molecule is COc1ccc(S(=O)(=O)NCCc2ccc(-n3nc(C)cc3C)cc2)cc1Br. The van der Waals surface area contributed by atoms with Crippen molar-refractivity contribution < 1.29 is 13.2 Å². The third-order valence-corrected chi connectivity index (χ3v) is 6.41. The Morgan fingerprint density at radius 3 is 2.39 bits per heavy atom. The average Bonchev–Trinajstić information content (AvgIpc) is 3.00. The summed E-state index contributed by atoms with van der Waals surface area (Å²) >= 11 is 3.31. The summed E-state index contributed by atoms with van der Waals surface area (Å²) < 4.78 is 35.2. The number of rotatable bonds is 7. The number of benzene rings is 2. The summed E-state index contributed by atoms with van der Waals surface area (Å²) in [5.74, 6) is 0.585. The number of sulfonamides is 1. The van der Waals surface area contributed by atoms with Crippen molar-refractivity contribution in [3.8, 4) is 11.4 Å². The molecule has 148 valence electrons. The van der Waals surface area contributed by atoms with Gasteiger partial charge >= 0.3 is 0 Å². The van der Waals surface area contributed by atoms with Crippen LogP contribution in [-0.2, 0) is 16.4 Å². The Bertz CT molecular complexity index is 1080. The van der Waals surface area contributed by atoms with Crippen LogP contribution in [0.4, 0.5) is 0 Å². The van der Waals surface area contributed by atoms with E-state index in [9.17, 15) is 8.42 Å². The maximum atomic E-state index is 12.5. The van der Waals surface area contributed by atoms with Crippen LogP contribution < -0.4 is 9.46 Å². The van der Waals surface area contributed by atoms with Crippen LogP contribution in [0.5, 0.6) is 5.75 Å². The maximum Gasteiger partial charge on any atom is 0.240 e. The molecule has 0 saturated carbocycles. The third kappa shape index (κ3) is 4.63. The monoisotopic (exact) mass is 463 g/mol. The second-order valence-corrected chi connectivity index (χ2v) is 9.07. The highest BCUT2D eigenvalue weighted by Crippen LogP contribution is 2.27. The molecule has 0 atom stereocenters. The Morgan fingerprint density at radius 1 is 1.11 bits per heavy atom. The predicted octanol–water partition coefficient (Wildman–Crippen LogP) is 3.78. The Morgan fingerprint density at radius 2 is 1.82 bits per heavy atom. The van der Waals surface area contributed by atoms with Crippen molar-refractivity contribution in [2.45, 2.75) is 25.2 Å². The minimum atomic E-state index is -3.58. The van der Waals surface area contributed by atoms with E-state index in [0.717, 1.165) is 22.6 Å². The molecule has 3 aromatic rings. The molecule has 0 aliphatic rings. The number of methoxy groups -OCH3 is 1. The molecule has 0 radical (unpaired) electrons. The Labute approximate surface area is 173 Å². The van der Waals surface area contributed by atoms with Gasteiger partial charge in [-0.15, -0.1) is 0 Å². The molecular formula is C20H22BrN3O3S. The van der Waals surface area contributed by atoms with Gasteiger partial charge in [-0.2, -0.15) is 5.10 Å². The molecule has 0 aliphatic carbocycles. The lowest BCUT2D eigenvalue weighted by Gasteiger charge is -2.10. The summed E-state index contributed by atoms with van der Waals surface area (Å²) in [6.45, 7) is 4.29. The molecule has 0 bridgehead atoms. The Hall–Kier alpha value is -2.16. The maximum absolute atomic E-state index is 12.5. The zero-order chi connectivity index (χ0) is 20.3. The van der Waals surface area contributed by atoms with Crippen LogP contribution in [0.25, 0.3) is 5.69 Å². The molecule has 1 aromatic heterocycles. The first-order valence-electron chi connectivity index (χ1n) is 8.76. The number of nitrogens with one attached hydrogen (secondary N) is 1. The van der Waals surface area contributed by atoms with E-state index in [4.69, 9.17) is 4.74 Å². The van der Waals surface area contributed by atoms with Gasteiger partial charge in [0, 0.05) is 12.2 Å². The van der Waals surface area contributed by atoms with Gasteiger partial charge in [-0.3, -0.25) is 0 Å². The van der Waals surface area contributed by atoms with Crippen LogP contribution in [0.15, 0.2) is 57.9 Å². The average molecular weight is 464 g/mol. The van der Waals surface area contributed by atoms with E-state index in [1.54, 1.807) is 6.07 Å². The zero-order valence-electron chi connectivity index (χ0n) is 15.9. The van der Waals surface area contributed by atoms with Crippen molar-refractivity contribution in [3.05, 3.63) is 70.0 Å². The molecule has 0 unspecified atom stereocenters. The lowest BCUT2D eigenvalue weighted by molar-refractivity contribution is 0.411. The highest BCUT2D eigenvalue weighted by molar-refractivity contribution is 9.10. The Kier molecular flexibility index (Phi) is 6.22. The number of ether oxygens (including phenoxy) is 1. The molecule has 0 saturated heterocycles. The van der Waals surface area contributed by atoms with Crippen molar-refractivity contribution in [1.82, 2.24) is 14.5 Å². The van der Waals surface area contributed by atoms with E-state index < -0.39 is 10.0 Å². The Balaban J connectivity index is 1.63. The fourth-order valence-corrected chi connectivity index (χ4v) is 4.67. The third-order valence-electron chi connectivity index (χ3n) is 4.33. The first-order chi connectivity index (χ1) is 13.3. The van der Waals surface area contributed by atoms with Gasteiger partial charge in [0.2, 0.25) is 10.0 Å². The molecule has 2 aromatic carbocycles. The summed E-state index contributed by atoms with van der Waals surface area (Å²) in [5, 5.41) is 4.47. The fourth-order valence-electron chi connectivity index (χ4n) is 2.92. The number of aromatic nitrogens is 2. The van der Waals surface area contributed by atoms with Crippen LogP contribution in [0.2, 0.25) is 0 Å². The largest absolute Gasteiger partial charge is 0.496 e. The van der Waals surface area contributed by atoms with Crippen LogP contribution >= 0.6 is 15.9 Å². The molecule has 1 heterocycles. The summed E-state index contributed by atoms with van der Waals surface area (Å²) in [6.07, 6.45) is 0.591. The number of aryl methyl sites for hydroxylation is 2. The zero-order valence-corrected chi connectivity index (χ0v) is 18.3. The molecule has 8 heteroatoms. The van der Waals surface area contributed by atoms with Crippen molar-refractivity contribution >= 4 is 26.0 Å². The quantitative estimate of drug-likeness (QED) is 0.578. The van der Waals surface area contributed by atoms with Crippen molar-refractivity contribution in [2.75, 3.05) is 13.7 Å². The molecule has 1 N–H and O–H groups in total. The summed E-state index contributed by atoms with van der Waals surface area (Å²) in [5.41, 5.74) is 4.08. The first-order valence-corrected chi connectivity index (χ1v) is 11.0. The standard InChI is InChI=1S/C20H22BrN3O3S/c1-14-12-15(2)24(23-14)17-6-4-16(5-7-17)10-11-22-28(25,26)18-8-9-20(27-3)19(21)13-18/h4-9,12-13,22H,10-11H2,1-3H3. The van der Waals surface area contributed by atoms with Crippen LogP contribution in [0.3, 0.4) is 0 Å². The van der Waals surface area contributed by atoms with Crippen LogP contribution in [-0.4, -0.2) is 31.9 Å². The predicted molar refractivity (Wildman–Crippen MR) is 113 cm³/mol. The van der Waals surface area contributed by atoms with Gasteiger partial charge in [0.25, 0.3) is 0 Å². The fraction of sp³-hybridized carbons (Fsp3) is 0.250. The van der Waals surface area contributed by atoms with Gasteiger partial charge < -0.3 is 4.74 Å². The second-order valence-electron chi connectivity index (χ2n) is 6.45. The van der Waals surface area contributed by atoms with E-state index in [1.165, 1.54) is 19.2 Å². The molecule has 0 aliphatic heterocycles. The number of hydrogen-bond acceptors (Lipinski definition) is 4. The van der Waals surface area contributed by atoms with Crippen molar-refractivity contribution in [1.29, 1.82) is 0 Å². The lowest BCUT2D eigenvalue weighted by atomic mass is 10.1. The molecular weight excluding hydrogens is 442 g/mol. The molecule has 0 fully saturated rings. The topological polar surface area (TPSA) is 73.2 Å². The lowest BCUT2D eigenvalue weighted by Crippen LogP contribution is -2.26. The van der Waals surface area contributed by atoms with E-state index in [-0.39, 0.29) is 4.90 Å². The molecule has 28 heavy (non-hydrogen) atoms. The van der Waals surface area contributed by atoms with Crippen molar-refractivity contribution in [2.24, 2.45) is 0 Å². The minimum absolute atomic E-state index is 0.194. The molecule has 3 rings (SSSR count). The van der Waals surface area contributed by atoms with Gasteiger partial charge in [-0.25, -0.2) is 17.8 Å². The number of nitrogens with zero attached hydrogens (tertiary/aromatic N) is 2. The summed E-state index contributed by atoms with van der Waals surface area (Å²) in [6, 6.07) is 14.7. The van der Waals surface area contributed by atoms with Crippen LogP contribution in [0, 0.1) is 13.8 Å². The highest BCUT2D eigenvalue weighted by atomic mass is 79.9. The van der Waals surface area contributed by atoms with Gasteiger partial charge in [0.15, 0.2) is 0 Å². The van der Waals surface area contributed by atoms with Gasteiger partial charge in [0.05, 0.1) is 27.9 Å². The first kappa shape index (κ1) is 20.6. The van der Waals surface area contributed by atoms with E-state index in [2.05, 4.69) is 25.8 Å².